The number of sulfone groups is 1. The van der Waals surface area contributed by atoms with Crippen molar-refractivity contribution < 1.29 is 8.42 Å². The van der Waals surface area contributed by atoms with Crippen molar-refractivity contribution in [2.75, 3.05) is 24.2 Å². The second-order valence-electron chi connectivity index (χ2n) is 5.48. The second kappa shape index (κ2) is 5.14. The average molecular weight is 306 g/mol. The normalized spacial score (nSPS) is 19.1. The van der Waals surface area contributed by atoms with Crippen molar-refractivity contribution in [3.05, 3.63) is 36.3 Å². The predicted molar refractivity (Wildman–Crippen MR) is 80.1 cm³/mol. The lowest BCUT2D eigenvalue weighted by molar-refractivity contribution is 0.601. The Bertz CT molecular complexity index is 754. The Balaban J connectivity index is 1.87. The van der Waals surface area contributed by atoms with Crippen molar-refractivity contribution in [2.24, 2.45) is 7.05 Å². The van der Waals surface area contributed by atoms with Gasteiger partial charge in [0.25, 0.3) is 0 Å². The van der Waals surface area contributed by atoms with Crippen molar-refractivity contribution in [2.45, 2.75) is 17.2 Å². The molecule has 0 saturated carbocycles. The molecule has 2 aromatic heterocycles. The maximum absolute atomic E-state index is 11.9. The van der Waals surface area contributed by atoms with Gasteiger partial charge in [0.15, 0.2) is 9.84 Å². The molecule has 0 aliphatic carbocycles. The quantitative estimate of drug-likeness (QED) is 0.852. The van der Waals surface area contributed by atoms with Crippen LogP contribution in [0.5, 0.6) is 0 Å². The molecule has 3 heterocycles. The Labute approximate surface area is 124 Å². The molecule has 0 N–H and O–H groups in total. The minimum atomic E-state index is -3.27. The highest BCUT2D eigenvalue weighted by atomic mass is 32.2. The number of rotatable bonds is 3. The van der Waals surface area contributed by atoms with Crippen molar-refractivity contribution in [3.63, 3.8) is 0 Å². The maximum atomic E-state index is 11.9. The fourth-order valence-electron chi connectivity index (χ4n) is 2.78. The van der Waals surface area contributed by atoms with Crippen molar-refractivity contribution >= 4 is 15.7 Å². The van der Waals surface area contributed by atoms with E-state index in [1.54, 1.807) is 23.0 Å². The van der Waals surface area contributed by atoms with E-state index in [9.17, 15) is 8.42 Å². The van der Waals surface area contributed by atoms with E-state index in [0.29, 0.717) is 16.6 Å². The first-order chi connectivity index (χ1) is 9.95. The molecule has 7 heteroatoms. The molecule has 1 atom stereocenters. The van der Waals surface area contributed by atoms with Crippen LogP contribution in [0.15, 0.2) is 35.6 Å². The number of aromatic nitrogens is 3. The van der Waals surface area contributed by atoms with Gasteiger partial charge in [-0.3, -0.25) is 4.68 Å². The van der Waals surface area contributed by atoms with Gasteiger partial charge in [-0.2, -0.15) is 5.10 Å². The van der Waals surface area contributed by atoms with Crippen LogP contribution in [0.25, 0.3) is 0 Å². The summed E-state index contributed by atoms with van der Waals surface area (Å²) >= 11 is 0. The summed E-state index contributed by atoms with van der Waals surface area (Å²) in [6.07, 6.45) is 7.74. The van der Waals surface area contributed by atoms with Crippen LogP contribution >= 0.6 is 0 Å². The highest BCUT2D eigenvalue weighted by molar-refractivity contribution is 7.90. The molecule has 1 aliphatic heterocycles. The Hall–Kier alpha value is -1.89. The average Bonchev–Trinajstić information content (AvgIpc) is 3.06. The van der Waals surface area contributed by atoms with Crippen molar-refractivity contribution in [1.82, 2.24) is 14.8 Å². The summed E-state index contributed by atoms with van der Waals surface area (Å²) in [5.41, 5.74) is 1.19. The third-order valence-electron chi connectivity index (χ3n) is 3.83. The number of hydrogen-bond acceptors (Lipinski definition) is 5. The molecule has 0 radical (unpaired) electrons. The van der Waals surface area contributed by atoms with Crippen molar-refractivity contribution in [1.29, 1.82) is 0 Å². The summed E-state index contributed by atoms with van der Waals surface area (Å²) in [4.78, 5) is 6.64. The molecule has 0 bridgehead atoms. The molecule has 1 unspecified atom stereocenters. The molecule has 1 saturated heterocycles. The van der Waals surface area contributed by atoms with Crippen LogP contribution in [0, 0.1) is 0 Å². The fraction of sp³-hybridized carbons (Fsp3) is 0.429. The van der Waals surface area contributed by atoms with E-state index in [0.717, 1.165) is 19.5 Å². The molecule has 1 aliphatic rings. The maximum Gasteiger partial charge on any atom is 0.179 e. The third-order valence-corrected chi connectivity index (χ3v) is 4.95. The highest BCUT2D eigenvalue weighted by Crippen LogP contribution is 2.32. The second-order valence-corrected chi connectivity index (χ2v) is 7.46. The number of pyridine rings is 1. The predicted octanol–water partition coefficient (Wildman–Crippen LogP) is 1.21. The molecular formula is C14H18N4O2S. The summed E-state index contributed by atoms with van der Waals surface area (Å²) in [5.74, 6) is 0.930. The molecule has 0 aromatic carbocycles. The van der Waals surface area contributed by atoms with E-state index >= 15 is 0 Å². The van der Waals surface area contributed by atoms with Crippen LogP contribution in [0.1, 0.15) is 17.9 Å². The van der Waals surface area contributed by atoms with Gasteiger partial charge in [-0.05, 0) is 24.1 Å². The first-order valence-corrected chi connectivity index (χ1v) is 8.73. The minimum Gasteiger partial charge on any atom is -0.355 e. The van der Waals surface area contributed by atoms with Crippen LogP contribution in [-0.2, 0) is 16.9 Å². The highest BCUT2D eigenvalue weighted by Gasteiger charge is 2.28. The molecule has 3 rings (SSSR count). The first-order valence-electron chi connectivity index (χ1n) is 6.84. The molecule has 0 amide bonds. The van der Waals surface area contributed by atoms with Gasteiger partial charge in [0, 0.05) is 44.7 Å². The number of hydrogen-bond donors (Lipinski definition) is 0. The van der Waals surface area contributed by atoms with Gasteiger partial charge >= 0.3 is 0 Å². The van der Waals surface area contributed by atoms with Crippen LogP contribution in [0.2, 0.25) is 0 Å². The van der Waals surface area contributed by atoms with Crippen LogP contribution in [-0.4, -0.2) is 42.5 Å². The summed E-state index contributed by atoms with van der Waals surface area (Å²) < 4.78 is 25.6. The topological polar surface area (TPSA) is 68.1 Å². The fourth-order valence-corrected chi connectivity index (χ4v) is 3.62. The summed E-state index contributed by atoms with van der Waals surface area (Å²) in [7, 11) is -1.37. The molecule has 2 aromatic rings. The largest absolute Gasteiger partial charge is 0.355 e. The lowest BCUT2D eigenvalue weighted by atomic mass is 10.0. The zero-order valence-corrected chi connectivity index (χ0v) is 12.9. The molecule has 21 heavy (non-hydrogen) atoms. The Kier molecular flexibility index (Phi) is 3.44. The zero-order chi connectivity index (χ0) is 15.0. The molecule has 1 fully saturated rings. The lowest BCUT2D eigenvalue weighted by Gasteiger charge is -2.19. The molecular weight excluding hydrogens is 288 g/mol. The standard InChI is InChI=1S/C14H18N4O2S/c1-17-9-12(8-16-17)11-5-7-18(10-11)14-13(21(2,19)20)4-3-6-15-14/h3-4,6,8-9,11H,5,7,10H2,1-2H3. The molecule has 112 valence electrons. The van der Waals surface area contributed by atoms with E-state index < -0.39 is 9.84 Å². The Morgan fingerprint density at radius 2 is 2.19 bits per heavy atom. The summed E-state index contributed by atoms with van der Waals surface area (Å²) in [5, 5.41) is 4.20. The number of anilines is 1. The number of aryl methyl sites for hydroxylation is 1. The molecule has 0 spiro atoms. The van der Waals surface area contributed by atoms with E-state index in [-0.39, 0.29) is 0 Å². The number of nitrogens with zero attached hydrogens (tertiary/aromatic N) is 4. The minimum absolute atomic E-state index is 0.303. The molecule has 6 nitrogen and oxygen atoms in total. The monoisotopic (exact) mass is 306 g/mol. The Morgan fingerprint density at radius 3 is 2.86 bits per heavy atom. The summed E-state index contributed by atoms with van der Waals surface area (Å²) in [6, 6.07) is 3.28. The van der Waals surface area contributed by atoms with Gasteiger partial charge in [-0.15, -0.1) is 0 Å². The van der Waals surface area contributed by atoms with Gasteiger partial charge < -0.3 is 4.90 Å². The van der Waals surface area contributed by atoms with E-state index in [1.807, 2.05) is 24.3 Å². The van der Waals surface area contributed by atoms with Crippen LogP contribution in [0.4, 0.5) is 5.82 Å². The van der Waals surface area contributed by atoms with E-state index in [1.165, 1.54) is 11.8 Å². The SMILES string of the molecule is Cn1cc(C2CCN(c3ncccc3S(C)(=O)=O)C2)cn1. The Morgan fingerprint density at radius 1 is 1.38 bits per heavy atom. The third kappa shape index (κ3) is 2.78. The zero-order valence-electron chi connectivity index (χ0n) is 12.1. The first kappa shape index (κ1) is 14.1. The van der Waals surface area contributed by atoms with Crippen LogP contribution < -0.4 is 4.90 Å². The van der Waals surface area contributed by atoms with E-state index in [4.69, 9.17) is 0 Å². The van der Waals surface area contributed by atoms with Crippen molar-refractivity contribution in [3.8, 4) is 0 Å². The van der Waals surface area contributed by atoms with Gasteiger partial charge in [-0.25, -0.2) is 13.4 Å². The van der Waals surface area contributed by atoms with E-state index in [2.05, 4.69) is 10.1 Å². The van der Waals surface area contributed by atoms with Gasteiger partial charge in [0.2, 0.25) is 0 Å². The van der Waals surface area contributed by atoms with Gasteiger partial charge in [0.1, 0.15) is 10.7 Å². The van der Waals surface area contributed by atoms with Crippen LogP contribution in [0.3, 0.4) is 0 Å². The van der Waals surface area contributed by atoms with Gasteiger partial charge in [-0.1, -0.05) is 0 Å². The van der Waals surface area contributed by atoms with Gasteiger partial charge in [0.05, 0.1) is 6.20 Å². The smallest absolute Gasteiger partial charge is 0.179 e. The summed E-state index contributed by atoms with van der Waals surface area (Å²) in [6.45, 7) is 1.57. The lowest BCUT2D eigenvalue weighted by Crippen LogP contribution is -2.22.